The number of rotatable bonds is 8. The van der Waals surface area contributed by atoms with Gasteiger partial charge in [0, 0.05) is 43.4 Å². The van der Waals surface area contributed by atoms with E-state index < -0.39 is 0 Å². The molecule has 1 fully saturated rings. The summed E-state index contributed by atoms with van der Waals surface area (Å²) < 4.78 is 11.2. The number of carbonyl (C=O) groups is 1. The van der Waals surface area contributed by atoms with Gasteiger partial charge in [-0.15, -0.1) is 0 Å². The van der Waals surface area contributed by atoms with Crippen LogP contribution in [0.2, 0.25) is 5.02 Å². The van der Waals surface area contributed by atoms with E-state index in [-0.39, 0.29) is 18.6 Å². The maximum atomic E-state index is 12.4. The Kier molecular flexibility index (Phi) is 7.12. The van der Waals surface area contributed by atoms with E-state index in [1.165, 1.54) is 5.69 Å². The minimum absolute atomic E-state index is 0.0209. The Morgan fingerprint density at radius 3 is 2.42 bits per heavy atom. The SMILES string of the molecule is O=C(COc1ccc(Cl)cc1)NCC(c1ccco1)N1CCN(c2ccccc2)CC1. The lowest BCUT2D eigenvalue weighted by Gasteiger charge is -2.39. The highest BCUT2D eigenvalue weighted by molar-refractivity contribution is 6.30. The molecule has 0 aliphatic carbocycles. The van der Waals surface area contributed by atoms with Gasteiger partial charge in [0.25, 0.3) is 5.91 Å². The first-order chi connectivity index (χ1) is 15.2. The average Bonchev–Trinajstić information content (AvgIpc) is 3.34. The number of para-hydroxylation sites is 1. The van der Waals surface area contributed by atoms with Crippen LogP contribution in [0, 0.1) is 0 Å². The third-order valence-electron chi connectivity index (χ3n) is 5.42. The number of hydrogen-bond acceptors (Lipinski definition) is 5. The Morgan fingerprint density at radius 2 is 1.74 bits per heavy atom. The monoisotopic (exact) mass is 439 g/mol. The lowest BCUT2D eigenvalue weighted by molar-refractivity contribution is -0.123. The van der Waals surface area contributed by atoms with Gasteiger partial charge in [0.1, 0.15) is 11.5 Å². The molecule has 6 nitrogen and oxygen atoms in total. The van der Waals surface area contributed by atoms with Crippen molar-refractivity contribution >= 4 is 23.2 Å². The van der Waals surface area contributed by atoms with Crippen LogP contribution in [0.1, 0.15) is 11.8 Å². The molecule has 7 heteroatoms. The van der Waals surface area contributed by atoms with Crippen molar-refractivity contribution in [2.45, 2.75) is 6.04 Å². The highest BCUT2D eigenvalue weighted by Gasteiger charge is 2.27. The van der Waals surface area contributed by atoms with Gasteiger partial charge in [-0.1, -0.05) is 29.8 Å². The topological polar surface area (TPSA) is 58.0 Å². The Hall–Kier alpha value is -2.96. The number of carbonyl (C=O) groups excluding carboxylic acids is 1. The molecule has 2 aromatic carbocycles. The Balaban J connectivity index is 1.31. The van der Waals surface area contributed by atoms with Crippen LogP contribution in [0.25, 0.3) is 0 Å². The molecule has 4 rings (SSSR count). The van der Waals surface area contributed by atoms with Crippen molar-refractivity contribution in [2.24, 2.45) is 0 Å². The van der Waals surface area contributed by atoms with E-state index in [9.17, 15) is 4.79 Å². The molecule has 1 aliphatic heterocycles. The number of nitrogens with one attached hydrogen (secondary N) is 1. The first-order valence-electron chi connectivity index (χ1n) is 10.4. The molecule has 1 aromatic heterocycles. The third kappa shape index (κ3) is 5.81. The largest absolute Gasteiger partial charge is 0.484 e. The van der Waals surface area contributed by atoms with Crippen molar-refractivity contribution in [1.82, 2.24) is 10.2 Å². The zero-order valence-corrected chi connectivity index (χ0v) is 18.0. The zero-order valence-electron chi connectivity index (χ0n) is 17.2. The van der Waals surface area contributed by atoms with Crippen LogP contribution in [-0.2, 0) is 4.79 Å². The summed E-state index contributed by atoms with van der Waals surface area (Å²) in [6.45, 7) is 4.04. The fourth-order valence-electron chi connectivity index (χ4n) is 3.76. The number of furan rings is 1. The summed E-state index contributed by atoms with van der Waals surface area (Å²) in [6, 6.07) is 21.2. The molecule has 1 N–H and O–H groups in total. The summed E-state index contributed by atoms with van der Waals surface area (Å²) in [4.78, 5) is 17.1. The van der Waals surface area contributed by atoms with Gasteiger partial charge in [0.15, 0.2) is 6.61 Å². The number of nitrogens with zero attached hydrogens (tertiary/aromatic N) is 2. The molecule has 1 atom stereocenters. The van der Waals surface area contributed by atoms with E-state index in [0.29, 0.717) is 17.3 Å². The molecule has 0 spiro atoms. The van der Waals surface area contributed by atoms with Gasteiger partial charge in [0.05, 0.1) is 12.3 Å². The van der Waals surface area contributed by atoms with Gasteiger partial charge in [-0.3, -0.25) is 9.69 Å². The van der Waals surface area contributed by atoms with Crippen LogP contribution < -0.4 is 15.0 Å². The molecule has 0 saturated carbocycles. The van der Waals surface area contributed by atoms with Gasteiger partial charge >= 0.3 is 0 Å². The standard InChI is InChI=1S/C24H26ClN3O3/c25-19-8-10-21(11-9-19)31-18-24(29)26-17-22(23-7-4-16-30-23)28-14-12-27(13-15-28)20-5-2-1-3-6-20/h1-11,16,22H,12-15,17-18H2,(H,26,29). The van der Waals surface area contributed by atoms with E-state index in [1.807, 2.05) is 18.2 Å². The summed E-state index contributed by atoms with van der Waals surface area (Å²) >= 11 is 5.87. The van der Waals surface area contributed by atoms with Gasteiger partial charge < -0.3 is 19.4 Å². The summed E-state index contributed by atoms with van der Waals surface area (Å²) in [7, 11) is 0. The molecular weight excluding hydrogens is 414 g/mol. The molecule has 3 aromatic rings. The smallest absolute Gasteiger partial charge is 0.258 e. The second kappa shape index (κ2) is 10.4. The third-order valence-corrected chi connectivity index (χ3v) is 5.68. The first-order valence-corrected chi connectivity index (χ1v) is 10.8. The van der Waals surface area contributed by atoms with E-state index in [2.05, 4.69) is 39.4 Å². The summed E-state index contributed by atoms with van der Waals surface area (Å²) in [5.74, 6) is 1.29. The average molecular weight is 440 g/mol. The molecule has 1 aliphatic rings. The number of benzene rings is 2. The maximum Gasteiger partial charge on any atom is 0.258 e. The van der Waals surface area contributed by atoms with E-state index in [1.54, 1.807) is 30.5 Å². The fourth-order valence-corrected chi connectivity index (χ4v) is 3.89. The van der Waals surface area contributed by atoms with Crippen molar-refractivity contribution in [3.05, 3.63) is 83.8 Å². The number of hydrogen-bond donors (Lipinski definition) is 1. The van der Waals surface area contributed by atoms with Gasteiger partial charge in [-0.2, -0.15) is 0 Å². The van der Waals surface area contributed by atoms with Crippen LogP contribution in [0.15, 0.2) is 77.4 Å². The van der Waals surface area contributed by atoms with Crippen LogP contribution in [-0.4, -0.2) is 50.1 Å². The number of ether oxygens (including phenoxy) is 1. The summed E-state index contributed by atoms with van der Waals surface area (Å²) in [5, 5.41) is 3.62. The highest BCUT2D eigenvalue weighted by Crippen LogP contribution is 2.24. The Bertz CT molecular complexity index is 940. The minimum atomic E-state index is -0.172. The van der Waals surface area contributed by atoms with Crippen LogP contribution in [0.4, 0.5) is 5.69 Å². The Morgan fingerprint density at radius 1 is 1.00 bits per heavy atom. The van der Waals surface area contributed by atoms with Gasteiger partial charge in [-0.05, 0) is 48.5 Å². The first kappa shape index (κ1) is 21.3. The quantitative estimate of drug-likeness (QED) is 0.575. The van der Waals surface area contributed by atoms with E-state index >= 15 is 0 Å². The van der Waals surface area contributed by atoms with Gasteiger partial charge in [-0.25, -0.2) is 0 Å². The fraction of sp³-hybridized carbons (Fsp3) is 0.292. The summed E-state index contributed by atoms with van der Waals surface area (Å²) in [5.41, 5.74) is 1.24. The predicted molar refractivity (Wildman–Crippen MR) is 122 cm³/mol. The van der Waals surface area contributed by atoms with Crippen LogP contribution >= 0.6 is 11.6 Å². The normalized spacial score (nSPS) is 15.5. The molecule has 31 heavy (non-hydrogen) atoms. The van der Waals surface area contributed by atoms with Crippen molar-refractivity contribution < 1.29 is 13.9 Å². The zero-order chi connectivity index (χ0) is 21.5. The molecule has 1 amide bonds. The van der Waals surface area contributed by atoms with E-state index in [4.69, 9.17) is 20.8 Å². The van der Waals surface area contributed by atoms with Crippen molar-refractivity contribution in [3.63, 3.8) is 0 Å². The molecule has 1 saturated heterocycles. The molecule has 0 bridgehead atoms. The maximum absolute atomic E-state index is 12.4. The Labute approximate surface area is 187 Å². The molecule has 0 radical (unpaired) electrons. The summed E-state index contributed by atoms with van der Waals surface area (Å²) in [6.07, 6.45) is 1.67. The van der Waals surface area contributed by atoms with Crippen LogP contribution in [0.3, 0.4) is 0 Å². The number of piperazine rings is 1. The van der Waals surface area contributed by atoms with Crippen molar-refractivity contribution in [2.75, 3.05) is 44.2 Å². The number of amides is 1. The highest BCUT2D eigenvalue weighted by atomic mass is 35.5. The molecular formula is C24H26ClN3O3. The molecule has 2 heterocycles. The number of halogens is 1. The molecule has 162 valence electrons. The van der Waals surface area contributed by atoms with Crippen molar-refractivity contribution in [3.8, 4) is 5.75 Å². The predicted octanol–water partition coefficient (Wildman–Crippen LogP) is 3.99. The van der Waals surface area contributed by atoms with Crippen molar-refractivity contribution in [1.29, 1.82) is 0 Å². The number of anilines is 1. The second-order valence-electron chi connectivity index (χ2n) is 7.44. The van der Waals surface area contributed by atoms with Gasteiger partial charge in [0.2, 0.25) is 0 Å². The second-order valence-corrected chi connectivity index (χ2v) is 7.87. The van der Waals surface area contributed by atoms with E-state index in [0.717, 1.165) is 31.9 Å². The lowest BCUT2D eigenvalue weighted by atomic mass is 10.1. The molecule has 1 unspecified atom stereocenters. The van der Waals surface area contributed by atoms with Crippen LogP contribution in [0.5, 0.6) is 5.75 Å². The minimum Gasteiger partial charge on any atom is -0.484 e. The lowest BCUT2D eigenvalue weighted by Crippen LogP contribution is -2.50.